The molecule has 1 atom stereocenters. The number of aliphatic hydroxyl groups excluding tert-OH is 1. The fourth-order valence-electron chi connectivity index (χ4n) is 0.241. The van der Waals surface area contributed by atoms with Crippen molar-refractivity contribution in [3.63, 3.8) is 0 Å². The third kappa shape index (κ3) is 9.72. The van der Waals surface area contributed by atoms with Crippen molar-refractivity contribution >= 4 is 41.7 Å². The second-order valence-corrected chi connectivity index (χ2v) is 1.41. The average Bonchev–Trinajstić information content (AvgIpc) is 1.63. The van der Waals surface area contributed by atoms with Crippen molar-refractivity contribution in [1.29, 1.82) is 0 Å². The van der Waals surface area contributed by atoms with Gasteiger partial charge in [-0.15, -0.1) is 12.4 Å². The molecule has 0 saturated carbocycles. The van der Waals surface area contributed by atoms with Crippen molar-refractivity contribution < 1.29 is 24.9 Å². The molecule has 0 heterocycles. The summed E-state index contributed by atoms with van der Waals surface area (Å²) in [6, 6.07) is 0. The minimum atomic E-state index is -1.96. The van der Waals surface area contributed by atoms with Crippen molar-refractivity contribution in [2.45, 2.75) is 12.5 Å². The summed E-state index contributed by atoms with van der Waals surface area (Å²) in [6.45, 7) is 0. The van der Waals surface area contributed by atoms with Crippen molar-refractivity contribution in [2.24, 2.45) is 0 Å². The summed E-state index contributed by atoms with van der Waals surface area (Å²) in [4.78, 5) is 19.1. The predicted octanol–water partition coefficient (Wildman–Crippen LogP) is -3.72. The molecule has 0 aliphatic heterocycles. The zero-order valence-corrected chi connectivity index (χ0v) is 7.32. The quantitative estimate of drug-likeness (QED) is 0.467. The first-order chi connectivity index (χ1) is 4.04. The van der Waals surface area contributed by atoms with Gasteiger partial charge in [-0.1, -0.05) is 0 Å². The van der Waals surface area contributed by atoms with Crippen LogP contribution in [0.4, 0.5) is 0 Å². The maximum atomic E-state index is 9.58. The van der Waals surface area contributed by atoms with Gasteiger partial charge in [0.1, 0.15) is 0 Å². The maximum absolute atomic E-state index is 9.58. The fraction of sp³-hybridized carbons (Fsp3) is 0.500. The molecule has 0 bridgehead atoms. The van der Waals surface area contributed by atoms with Crippen LogP contribution in [0.3, 0.4) is 0 Å². The van der Waals surface area contributed by atoms with Crippen LogP contribution in [0.25, 0.3) is 0 Å². The Bertz CT molecular complexity index is 138. The van der Waals surface area contributed by atoms with Crippen LogP contribution in [0.15, 0.2) is 0 Å². The van der Waals surface area contributed by atoms with Gasteiger partial charge in [0.05, 0.1) is 12.1 Å². The summed E-state index contributed by atoms with van der Waals surface area (Å²) in [5, 5.41) is 27.3. The van der Waals surface area contributed by atoms with Crippen molar-refractivity contribution in [3.05, 3.63) is 0 Å². The van der Waals surface area contributed by atoms with Crippen molar-refractivity contribution in [3.8, 4) is 0 Å². The van der Waals surface area contributed by atoms with Gasteiger partial charge in [-0.05, 0) is 0 Å². The van der Waals surface area contributed by atoms with Gasteiger partial charge in [0.2, 0.25) is 0 Å². The van der Waals surface area contributed by atoms with E-state index in [1.807, 2.05) is 0 Å². The van der Waals surface area contributed by atoms with E-state index in [4.69, 9.17) is 5.11 Å². The molecule has 0 radical (unpaired) electrons. The van der Waals surface area contributed by atoms with E-state index in [2.05, 4.69) is 0 Å². The van der Waals surface area contributed by atoms with Crippen LogP contribution in [-0.2, 0) is 9.59 Å². The van der Waals surface area contributed by atoms with E-state index in [9.17, 15) is 19.8 Å². The SMILES string of the molecule is Cl.O=C([O-])CC(O)C(=O)[O-].[Al+3]. The molecule has 0 aliphatic carbocycles. The second kappa shape index (κ2) is 7.83. The van der Waals surface area contributed by atoms with Crippen LogP contribution in [0.5, 0.6) is 0 Å². The minimum Gasteiger partial charge on any atom is -0.550 e. The first-order valence-corrected chi connectivity index (χ1v) is 2.13. The van der Waals surface area contributed by atoms with Crippen molar-refractivity contribution in [1.82, 2.24) is 0 Å². The van der Waals surface area contributed by atoms with E-state index >= 15 is 0 Å². The Hall–Kier alpha value is -0.278. The van der Waals surface area contributed by atoms with Gasteiger partial charge in [-0.3, -0.25) is 0 Å². The molecule has 0 spiro atoms. The van der Waals surface area contributed by atoms with Gasteiger partial charge in [-0.2, -0.15) is 0 Å². The largest absolute Gasteiger partial charge is 3.00 e. The average molecular weight is 196 g/mol. The topological polar surface area (TPSA) is 100 Å². The zero-order chi connectivity index (χ0) is 7.44. The van der Waals surface area contributed by atoms with E-state index < -0.39 is 24.5 Å². The smallest absolute Gasteiger partial charge is 0.550 e. The Morgan fingerprint density at radius 2 is 1.73 bits per heavy atom. The standard InChI is InChI=1S/C4H6O5.Al.ClH/c5-2(4(8)9)1-3(6)7;;/h2,5H,1H2,(H,6,7)(H,8,9);;1H/q;+3;/p-2. The Morgan fingerprint density at radius 1 is 1.36 bits per heavy atom. The van der Waals surface area contributed by atoms with E-state index in [1.165, 1.54) is 0 Å². The molecule has 60 valence electrons. The first-order valence-electron chi connectivity index (χ1n) is 2.13. The van der Waals surface area contributed by atoms with Crippen LogP contribution in [0, 0.1) is 0 Å². The van der Waals surface area contributed by atoms with Crippen LogP contribution >= 0.6 is 12.4 Å². The Balaban J connectivity index is -0.000000320. The molecule has 0 fully saturated rings. The Kier molecular flexibility index (Phi) is 12.1. The number of carboxylic acids is 2. The number of hydrogen-bond acceptors (Lipinski definition) is 5. The fourth-order valence-corrected chi connectivity index (χ4v) is 0.241. The number of halogens is 1. The number of carboxylic acid groups (broad SMARTS) is 2. The molecule has 1 N–H and O–H groups in total. The van der Waals surface area contributed by atoms with Gasteiger partial charge < -0.3 is 24.9 Å². The van der Waals surface area contributed by atoms with Gasteiger partial charge in [-0.25, -0.2) is 0 Å². The molecule has 1 unspecified atom stereocenters. The molecule has 0 amide bonds. The van der Waals surface area contributed by atoms with Gasteiger partial charge >= 0.3 is 17.4 Å². The monoisotopic (exact) mass is 195 g/mol. The number of carbonyl (C=O) groups excluding carboxylic acids is 2. The molecule has 7 heteroatoms. The minimum absolute atomic E-state index is 0. The summed E-state index contributed by atoms with van der Waals surface area (Å²) in [5.41, 5.74) is 0. The summed E-state index contributed by atoms with van der Waals surface area (Å²) in [7, 11) is 0. The molecule has 0 saturated heterocycles. The van der Waals surface area contributed by atoms with Gasteiger partial charge in [0.15, 0.2) is 0 Å². The van der Waals surface area contributed by atoms with E-state index in [0.717, 1.165) is 0 Å². The first kappa shape index (κ1) is 17.0. The zero-order valence-electron chi connectivity index (χ0n) is 5.35. The van der Waals surface area contributed by atoms with E-state index in [0.29, 0.717) is 0 Å². The molecule has 0 aromatic rings. The molecular formula is C4H5AlClO5+. The molecule has 0 rings (SSSR count). The summed E-state index contributed by atoms with van der Waals surface area (Å²) in [6.07, 6.45) is -2.89. The second-order valence-electron chi connectivity index (χ2n) is 1.41. The van der Waals surface area contributed by atoms with Crippen LogP contribution in [0.1, 0.15) is 6.42 Å². The van der Waals surface area contributed by atoms with E-state index in [-0.39, 0.29) is 29.8 Å². The maximum Gasteiger partial charge on any atom is 3.00 e. The normalized spacial score (nSPS) is 10.3. The number of aliphatic carboxylic acids is 2. The molecule has 0 aromatic carbocycles. The number of rotatable bonds is 3. The summed E-state index contributed by atoms with van der Waals surface area (Å²) >= 11 is 0. The molecule has 0 aromatic heterocycles. The third-order valence-electron chi connectivity index (χ3n) is 0.632. The number of aliphatic hydroxyl groups is 1. The molecule has 0 aliphatic rings. The summed E-state index contributed by atoms with van der Waals surface area (Å²) < 4.78 is 0. The Morgan fingerprint density at radius 3 is 1.82 bits per heavy atom. The summed E-state index contributed by atoms with van der Waals surface area (Å²) in [5.74, 6) is -3.43. The molecule has 11 heavy (non-hydrogen) atoms. The molecule has 5 nitrogen and oxygen atoms in total. The van der Waals surface area contributed by atoms with Gasteiger partial charge in [0.25, 0.3) is 0 Å². The Labute approximate surface area is 79.6 Å². The third-order valence-corrected chi connectivity index (χ3v) is 0.632. The van der Waals surface area contributed by atoms with Gasteiger partial charge in [0, 0.05) is 12.4 Å². The molecular weight excluding hydrogens is 190 g/mol. The van der Waals surface area contributed by atoms with Crippen molar-refractivity contribution in [2.75, 3.05) is 0 Å². The van der Waals surface area contributed by atoms with E-state index in [1.54, 1.807) is 0 Å². The number of hydrogen-bond donors (Lipinski definition) is 1. The predicted molar refractivity (Wildman–Crippen MR) is 33.6 cm³/mol. The van der Waals surface area contributed by atoms with Crippen LogP contribution in [0.2, 0.25) is 0 Å². The number of carbonyl (C=O) groups is 2. The van der Waals surface area contributed by atoms with Crippen LogP contribution in [-0.4, -0.2) is 40.5 Å². The van der Waals surface area contributed by atoms with Crippen LogP contribution < -0.4 is 10.2 Å².